The van der Waals surface area contributed by atoms with Crippen molar-refractivity contribution in [3.63, 3.8) is 0 Å². The third kappa shape index (κ3) is 4.78. The lowest BCUT2D eigenvalue weighted by Gasteiger charge is -2.38. The van der Waals surface area contributed by atoms with Crippen LogP contribution in [0.4, 0.5) is 0 Å². The molecule has 160 valence electrons. The van der Waals surface area contributed by atoms with Crippen molar-refractivity contribution in [3.8, 4) is 5.75 Å². The van der Waals surface area contributed by atoms with Crippen LogP contribution in [0.1, 0.15) is 36.0 Å². The summed E-state index contributed by atoms with van der Waals surface area (Å²) in [5, 5.41) is 10.1. The Morgan fingerprint density at radius 3 is 2.50 bits per heavy atom. The molecule has 0 aliphatic carbocycles. The summed E-state index contributed by atoms with van der Waals surface area (Å²) in [5.41, 5.74) is 3.16. The SMILES string of the molecule is Cl.O=C(O)CCN1CCC2(CC1)COc1cc(/C=C/c3c(Cl)cccc3Cl)ccc12. The van der Waals surface area contributed by atoms with Crippen molar-refractivity contribution in [2.75, 3.05) is 26.2 Å². The normalized spacial score (nSPS) is 17.5. The van der Waals surface area contributed by atoms with Gasteiger partial charge in [-0.25, -0.2) is 0 Å². The zero-order valence-corrected chi connectivity index (χ0v) is 18.8. The Labute approximate surface area is 192 Å². The highest BCUT2D eigenvalue weighted by Gasteiger charge is 2.42. The first-order valence-corrected chi connectivity index (χ1v) is 10.6. The van der Waals surface area contributed by atoms with Crippen molar-refractivity contribution in [1.82, 2.24) is 4.90 Å². The maximum absolute atomic E-state index is 10.8. The third-order valence-corrected chi connectivity index (χ3v) is 6.64. The number of fused-ring (bicyclic) bond motifs is 2. The number of carbonyl (C=O) groups is 1. The average Bonchev–Trinajstić information content (AvgIpc) is 3.05. The van der Waals surface area contributed by atoms with Crippen LogP contribution in [0.5, 0.6) is 5.75 Å². The molecule has 2 aliphatic heterocycles. The van der Waals surface area contributed by atoms with E-state index in [-0.39, 0.29) is 24.2 Å². The molecule has 0 amide bonds. The molecule has 2 aliphatic rings. The number of ether oxygens (including phenoxy) is 1. The number of aliphatic carboxylic acids is 1. The van der Waals surface area contributed by atoms with E-state index < -0.39 is 5.97 Å². The average molecular weight is 469 g/mol. The van der Waals surface area contributed by atoms with E-state index in [0.29, 0.717) is 23.2 Å². The predicted octanol–water partition coefficient (Wildman–Crippen LogP) is 5.79. The van der Waals surface area contributed by atoms with E-state index in [4.69, 9.17) is 33.0 Å². The molecule has 1 saturated heterocycles. The van der Waals surface area contributed by atoms with E-state index in [9.17, 15) is 4.79 Å². The molecule has 30 heavy (non-hydrogen) atoms. The summed E-state index contributed by atoms with van der Waals surface area (Å²) in [7, 11) is 0. The van der Waals surface area contributed by atoms with Crippen LogP contribution in [-0.4, -0.2) is 42.2 Å². The van der Waals surface area contributed by atoms with Crippen LogP contribution in [-0.2, 0) is 10.2 Å². The van der Waals surface area contributed by atoms with E-state index >= 15 is 0 Å². The molecule has 7 heteroatoms. The molecular weight excluding hydrogens is 445 g/mol. The number of carboxylic acid groups (broad SMARTS) is 1. The van der Waals surface area contributed by atoms with E-state index in [2.05, 4.69) is 23.1 Å². The van der Waals surface area contributed by atoms with Crippen molar-refractivity contribution >= 4 is 53.7 Å². The fourth-order valence-electron chi connectivity index (χ4n) is 4.22. The number of carboxylic acids is 1. The van der Waals surface area contributed by atoms with Gasteiger partial charge in [0.15, 0.2) is 0 Å². The summed E-state index contributed by atoms with van der Waals surface area (Å²) in [6, 6.07) is 11.8. The summed E-state index contributed by atoms with van der Waals surface area (Å²) in [5.74, 6) is 0.204. The summed E-state index contributed by atoms with van der Waals surface area (Å²) in [6.45, 7) is 3.12. The Hall–Kier alpha value is -1.72. The molecule has 0 saturated carbocycles. The molecule has 0 aromatic heterocycles. The fourth-order valence-corrected chi connectivity index (χ4v) is 4.74. The largest absolute Gasteiger partial charge is 0.492 e. The molecule has 2 heterocycles. The van der Waals surface area contributed by atoms with Crippen molar-refractivity contribution < 1.29 is 14.6 Å². The van der Waals surface area contributed by atoms with E-state index in [1.54, 1.807) is 0 Å². The van der Waals surface area contributed by atoms with Crippen LogP contribution in [0, 0.1) is 0 Å². The first-order chi connectivity index (χ1) is 14.0. The van der Waals surface area contributed by atoms with Gasteiger partial charge in [-0.2, -0.15) is 0 Å². The number of piperidine rings is 1. The third-order valence-electron chi connectivity index (χ3n) is 5.98. The van der Waals surface area contributed by atoms with Gasteiger partial charge in [0.1, 0.15) is 5.75 Å². The summed E-state index contributed by atoms with van der Waals surface area (Å²) in [6.07, 6.45) is 6.10. The van der Waals surface area contributed by atoms with Crippen LogP contribution >= 0.6 is 35.6 Å². The fraction of sp³-hybridized carbons (Fsp3) is 0.348. The Balaban J connectivity index is 0.00000256. The number of hydrogen-bond acceptors (Lipinski definition) is 3. The second-order valence-electron chi connectivity index (χ2n) is 7.78. The first kappa shape index (κ1) is 23.0. The minimum Gasteiger partial charge on any atom is -0.492 e. The molecule has 4 rings (SSSR count). The zero-order chi connectivity index (χ0) is 20.4. The molecule has 1 spiro atoms. The first-order valence-electron chi connectivity index (χ1n) is 9.80. The van der Waals surface area contributed by atoms with E-state index in [1.165, 1.54) is 5.56 Å². The minimum absolute atomic E-state index is 0. The second-order valence-corrected chi connectivity index (χ2v) is 8.59. The van der Waals surface area contributed by atoms with Crippen LogP contribution < -0.4 is 4.74 Å². The monoisotopic (exact) mass is 467 g/mol. The molecule has 0 atom stereocenters. The number of hydrogen-bond donors (Lipinski definition) is 1. The van der Waals surface area contributed by atoms with Gasteiger partial charge in [-0.05, 0) is 49.7 Å². The van der Waals surface area contributed by atoms with Gasteiger partial charge >= 0.3 is 5.97 Å². The zero-order valence-electron chi connectivity index (χ0n) is 16.4. The molecule has 1 fully saturated rings. The van der Waals surface area contributed by atoms with Gasteiger partial charge in [0, 0.05) is 33.1 Å². The molecule has 0 bridgehead atoms. The Kier molecular flexibility index (Phi) is 7.35. The van der Waals surface area contributed by atoms with Gasteiger partial charge in [-0.3, -0.25) is 4.79 Å². The topological polar surface area (TPSA) is 49.8 Å². The highest BCUT2D eigenvalue weighted by atomic mass is 35.5. The smallest absolute Gasteiger partial charge is 0.304 e. The van der Waals surface area contributed by atoms with Crippen molar-refractivity contribution in [3.05, 3.63) is 63.1 Å². The highest BCUT2D eigenvalue weighted by molar-refractivity contribution is 6.37. The van der Waals surface area contributed by atoms with Gasteiger partial charge in [-0.1, -0.05) is 53.6 Å². The van der Waals surface area contributed by atoms with Gasteiger partial charge in [0.25, 0.3) is 0 Å². The quantitative estimate of drug-likeness (QED) is 0.565. The molecule has 0 unspecified atom stereocenters. The standard InChI is InChI=1S/C23H23Cl2NO3.ClH/c24-19-2-1-3-20(25)17(19)6-4-16-5-7-18-21(14-16)29-15-23(18)9-12-26(13-10-23)11-8-22(27)28;/h1-7,14H,8-13,15H2,(H,27,28);1H/b6-4+;. The van der Waals surface area contributed by atoms with Crippen molar-refractivity contribution in [1.29, 1.82) is 0 Å². The maximum Gasteiger partial charge on any atom is 0.304 e. The molecule has 1 N–H and O–H groups in total. The van der Waals surface area contributed by atoms with Crippen molar-refractivity contribution in [2.24, 2.45) is 0 Å². The van der Waals surface area contributed by atoms with Crippen LogP contribution in [0.15, 0.2) is 36.4 Å². The van der Waals surface area contributed by atoms with Gasteiger partial charge in [-0.15, -0.1) is 12.4 Å². The Morgan fingerprint density at radius 1 is 1.13 bits per heavy atom. The Bertz CT molecular complexity index is 932. The second kappa shape index (κ2) is 9.61. The molecule has 2 aromatic rings. The predicted molar refractivity (Wildman–Crippen MR) is 124 cm³/mol. The summed E-state index contributed by atoms with van der Waals surface area (Å²) < 4.78 is 6.07. The van der Waals surface area contributed by atoms with Gasteiger partial charge < -0.3 is 14.7 Å². The highest BCUT2D eigenvalue weighted by Crippen LogP contribution is 2.46. The summed E-state index contributed by atoms with van der Waals surface area (Å²) in [4.78, 5) is 13.0. The molecule has 4 nitrogen and oxygen atoms in total. The van der Waals surface area contributed by atoms with Crippen LogP contribution in [0.3, 0.4) is 0 Å². The molecule has 2 aromatic carbocycles. The molecule has 0 radical (unpaired) electrons. The number of rotatable bonds is 5. The van der Waals surface area contributed by atoms with Gasteiger partial charge in [0.2, 0.25) is 0 Å². The van der Waals surface area contributed by atoms with Crippen LogP contribution in [0.2, 0.25) is 10.0 Å². The summed E-state index contributed by atoms with van der Waals surface area (Å²) >= 11 is 12.5. The number of likely N-dealkylation sites (tertiary alicyclic amines) is 1. The minimum atomic E-state index is -0.738. The lowest BCUT2D eigenvalue weighted by molar-refractivity contribution is -0.137. The maximum atomic E-state index is 10.8. The Morgan fingerprint density at radius 2 is 1.83 bits per heavy atom. The van der Waals surface area contributed by atoms with E-state index in [0.717, 1.165) is 42.8 Å². The number of nitrogens with zero attached hydrogens (tertiary/aromatic N) is 1. The number of benzene rings is 2. The van der Waals surface area contributed by atoms with Crippen LogP contribution in [0.25, 0.3) is 12.2 Å². The lowest BCUT2D eigenvalue weighted by atomic mass is 9.74. The molecular formula is C23H24Cl3NO3. The van der Waals surface area contributed by atoms with E-state index in [1.807, 2.05) is 30.4 Å². The lowest BCUT2D eigenvalue weighted by Crippen LogP contribution is -2.44. The van der Waals surface area contributed by atoms with Crippen molar-refractivity contribution in [2.45, 2.75) is 24.7 Å². The van der Waals surface area contributed by atoms with Gasteiger partial charge in [0.05, 0.1) is 13.0 Å². The number of halogens is 3.